The summed E-state index contributed by atoms with van der Waals surface area (Å²) in [6, 6.07) is 27.0. The van der Waals surface area contributed by atoms with Gasteiger partial charge in [-0.05, 0) is 79.2 Å². The van der Waals surface area contributed by atoms with Gasteiger partial charge in [0.25, 0.3) is 18.3 Å². The quantitative estimate of drug-likeness (QED) is 0.146. The number of benzene rings is 3. The van der Waals surface area contributed by atoms with E-state index in [4.69, 9.17) is 8.85 Å². The Balaban J connectivity index is 1.82. The first-order chi connectivity index (χ1) is 24.6. The Morgan fingerprint density at radius 1 is 0.887 bits per heavy atom. The first-order valence-corrected chi connectivity index (χ1v) is 25.0. The van der Waals surface area contributed by atoms with Crippen molar-refractivity contribution in [2.75, 3.05) is 20.6 Å². The highest BCUT2D eigenvalue weighted by atomic mass is 32.2. The minimum absolute atomic E-state index is 0.0524. The number of amides is 1. The van der Waals surface area contributed by atoms with Crippen LogP contribution in [0, 0.1) is 18.3 Å². The van der Waals surface area contributed by atoms with Crippen LogP contribution in [0.3, 0.4) is 0 Å². The molecule has 0 aromatic heterocycles. The molecule has 0 bridgehead atoms. The fourth-order valence-electron chi connectivity index (χ4n) is 8.21. The van der Waals surface area contributed by atoms with Crippen molar-refractivity contribution >= 4 is 42.9 Å². The Hall–Kier alpha value is -3.29. The predicted octanol–water partition coefficient (Wildman–Crippen LogP) is 7.89. The molecule has 2 aliphatic rings. The second-order valence-electron chi connectivity index (χ2n) is 17.7. The van der Waals surface area contributed by atoms with Crippen molar-refractivity contribution in [2.45, 2.75) is 102 Å². The fourth-order valence-corrected chi connectivity index (χ4v) is 15.5. The second kappa shape index (κ2) is 14.7. The van der Waals surface area contributed by atoms with Crippen LogP contribution in [-0.2, 0) is 23.7 Å². The van der Waals surface area contributed by atoms with Crippen LogP contribution in [0.15, 0.2) is 114 Å². The monoisotopic (exact) mass is 772 g/mol. The summed E-state index contributed by atoms with van der Waals surface area (Å²) < 4.78 is 45.7. The molecule has 0 spiro atoms. The molecule has 286 valence electrons. The number of aryl methyl sites for hydroxylation is 1. The third-order valence-corrected chi connectivity index (χ3v) is 23.2. The molecular formula is C43H60N2O5SSi2. The van der Waals surface area contributed by atoms with E-state index >= 15 is 4.79 Å². The smallest absolute Gasteiger partial charge is 0.266 e. The maximum Gasteiger partial charge on any atom is 0.266 e. The Morgan fingerprint density at radius 3 is 1.87 bits per heavy atom. The number of hydrogen-bond donors (Lipinski definition) is 0. The molecule has 3 aromatic rings. The van der Waals surface area contributed by atoms with E-state index in [0.29, 0.717) is 6.42 Å². The number of fused-ring (bicyclic) bond motifs is 1. The van der Waals surface area contributed by atoms with Crippen molar-refractivity contribution in [3.63, 3.8) is 0 Å². The third kappa shape index (κ3) is 7.30. The molecule has 10 heteroatoms. The summed E-state index contributed by atoms with van der Waals surface area (Å²) >= 11 is 0. The van der Waals surface area contributed by atoms with Crippen molar-refractivity contribution < 1.29 is 22.1 Å². The average Bonchev–Trinajstić information content (AvgIpc) is 3.08. The van der Waals surface area contributed by atoms with Gasteiger partial charge in [-0.1, -0.05) is 126 Å². The molecule has 3 aromatic carbocycles. The lowest BCUT2D eigenvalue weighted by Crippen LogP contribution is -2.73. The van der Waals surface area contributed by atoms with E-state index in [-0.39, 0.29) is 27.9 Å². The van der Waals surface area contributed by atoms with Crippen LogP contribution in [0.5, 0.6) is 0 Å². The standard InChI is InChI=1S/C43H60N2O5SSi2/c1-13-28-43-37(29-33(30-39(43)44(9)10)49-52(11,12)41(3,4)5)38(31-45(40(43)46)51(47,48)34-26-24-32(2)25-27-34)50-53(42(6,7)8,35-20-16-14-17-21-35)36-22-18-15-19-23-36/h13-27,30,37-39H,1,28-29,31H2,2-12H3/t37-,38+,39-,43+/m1/s1. The zero-order valence-corrected chi connectivity index (χ0v) is 36.5. The molecule has 1 fully saturated rings. The highest BCUT2D eigenvalue weighted by Crippen LogP contribution is 2.54. The van der Waals surface area contributed by atoms with Gasteiger partial charge in [0, 0.05) is 18.4 Å². The SMILES string of the molecule is C=CC[C@]12C(=O)N(S(=O)(=O)c3ccc(C)cc3)C[C@H](O[Si](c3ccccc3)(c3ccccc3)C(C)(C)C)[C@H]1CC(O[Si](C)(C)C(C)(C)C)=C[C@H]2N(C)C. The van der Waals surface area contributed by atoms with Crippen LogP contribution in [-0.4, -0.2) is 73.0 Å². The first kappa shape index (κ1) is 40.9. The van der Waals surface area contributed by atoms with Crippen LogP contribution in [0.1, 0.15) is 59.9 Å². The van der Waals surface area contributed by atoms with Gasteiger partial charge in [-0.3, -0.25) is 4.79 Å². The van der Waals surface area contributed by atoms with Crippen molar-refractivity contribution in [1.29, 1.82) is 0 Å². The Bertz CT molecular complexity index is 1880. The molecule has 1 heterocycles. The Labute approximate surface area is 321 Å². The summed E-state index contributed by atoms with van der Waals surface area (Å²) in [4.78, 5) is 17.6. The highest BCUT2D eigenvalue weighted by Gasteiger charge is 2.64. The normalized spacial score (nSPS) is 23.0. The zero-order chi connectivity index (χ0) is 39.2. The second-order valence-corrected chi connectivity index (χ2v) is 28.6. The van der Waals surface area contributed by atoms with Crippen molar-refractivity contribution in [1.82, 2.24) is 9.21 Å². The van der Waals surface area contributed by atoms with Crippen LogP contribution < -0.4 is 10.4 Å². The summed E-state index contributed by atoms with van der Waals surface area (Å²) in [5.41, 5.74) is -0.276. The number of nitrogens with zero attached hydrogens (tertiary/aromatic N) is 2. The molecule has 0 radical (unpaired) electrons. The number of carbonyl (C=O) groups excluding carboxylic acids is 1. The van der Waals surface area contributed by atoms with Gasteiger partial charge in [-0.2, -0.15) is 0 Å². The van der Waals surface area contributed by atoms with Crippen molar-refractivity contribution in [3.05, 3.63) is 115 Å². The van der Waals surface area contributed by atoms with Crippen LogP contribution in [0.25, 0.3) is 0 Å². The molecule has 7 nitrogen and oxygen atoms in total. The molecule has 1 amide bonds. The van der Waals surface area contributed by atoms with Crippen molar-refractivity contribution in [3.8, 4) is 0 Å². The van der Waals surface area contributed by atoms with E-state index in [1.54, 1.807) is 30.3 Å². The highest BCUT2D eigenvalue weighted by molar-refractivity contribution is 7.89. The summed E-state index contributed by atoms with van der Waals surface area (Å²) in [6.07, 6.45) is 3.90. The van der Waals surface area contributed by atoms with Crippen LogP contribution in [0.2, 0.25) is 23.2 Å². The van der Waals surface area contributed by atoms with Gasteiger partial charge >= 0.3 is 0 Å². The van der Waals surface area contributed by atoms with Gasteiger partial charge in [0.2, 0.25) is 14.2 Å². The van der Waals surface area contributed by atoms with E-state index in [1.165, 1.54) is 0 Å². The summed E-state index contributed by atoms with van der Waals surface area (Å²) in [6.45, 7) is 23.8. The number of rotatable bonds is 11. The van der Waals surface area contributed by atoms with E-state index in [9.17, 15) is 8.42 Å². The molecule has 1 aliphatic carbocycles. The molecule has 5 rings (SSSR count). The molecule has 0 unspecified atom stereocenters. The largest absolute Gasteiger partial charge is 0.547 e. The van der Waals surface area contributed by atoms with Crippen LogP contribution >= 0.6 is 0 Å². The number of sulfonamides is 1. The maximum absolute atomic E-state index is 15.4. The van der Waals surface area contributed by atoms with Crippen molar-refractivity contribution in [2.24, 2.45) is 11.3 Å². The minimum atomic E-state index is -4.28. The van der Waals surface area contributed by atoms with Gasteiger partial charge in [0.05, 0.1) is 28.7 Å². The number of likely N-dealkylation sites (N-methyl/N-ethyl adjacent to an activating group) is 1. The molecule has 53 heavy (non-hydrogen) atoms. The van der Waals surface area contributed by atoms with E-state index in [2.05, 4.69) is 91.6 Å². The Kier molecular flexibility index (Phi) is 11.4. The molecule has 0 N–H and O–H groups in total. The average molecular weight is 773 g/mol. The topological polar surface area (TPSA) is 76.2 Å². The lowest BCUT2D eigenvalue weighted by molar-refractivity contribution is -0.159. The van der Waals surface area contributed by atoms with Gasteiger partial charge in [0.1, 0.15) is 0 Å². The summed E-state index contributed by atoms with van der Waals surface area (Å²) in [7, 11) is -5.90. The predicted molar refractivity (Wildman–Crippen MR) is 222 cm³/mol. The molecule has 1 saturated heterocycles. The van der Waals surface area contributed by atoms with E-state index in [1.807, 2.05) is 62.3 Å². The van der Waals surface area contributed by atoms with Crippen LogP contribution in [0.4, 0.5) is 0 Å². The first-order valence-electron chi connectivity index (χ1n) is 18.7. The Morgan fingerprint density at radius 2 is 1.42 bits per heavy atom. The number of hydrogen-bond acceptors (Lipinski definition) is 6. The van der Waals surface area contributed by atoms with Gasteiger partial charge in [-0.15, -0.1) is 6.58 Å². The summed E-state index contributed by atoms with van der Waals surface area (Å²) in [5.74, 6) is 0.00144. The molecule has 1 aliphatic heterocycles. The summed E-state index contributed by atoms with van der Waals surface area (Å²) in [5, 5.41) is 1.74. The van der Waals surface area contributed by atoms with Gasteiger partial charge < -0.3 is 13.8 Å². The molecular weight excluding hydrogens is 713 g/mol. The number of piperidine rings is 1. The third-order valence-electron chi connectivity index (χ3n) is 12.0. The van der Waals surface area contributed by atoms with E-state index in [0.717, 1.165) is 26.0 Å². The maximum atomic E-state index is 15.4. The lowest BCUT2D eigenvalue weighted by atomic mass is 9.59. The molecule has 4 atom stereocenters. The van der Waals surface area contributed by atoms with Gasteiger partial charge in [0.15, 0.2) is 0 Å². The number of allylic oxidation sites excluding steroid dienone is 2. The van der Waals surface area contributed by atoms with Gasteiger partial charge in [-0.25, -0.2) is 12.7 Å². The van der Waals surface area contributed by atoms with E-state index < -0.39 is 56.0 Å². The minimum Gasteiger partial charge on any atom is -0.547 e. The lowest BCUT2D eigenvalue weighted by Gasteiger charge is -2.58. The zero-order valence-electron chi connectivity index (χ0n) is 33.6. The molecule has 0 saturated carbocycles. The number of carbonyl (C=O) groups is 1. The fraction of sp³-hybridized carbons (Fsp3) is 0.465.